The summed E-state index contributed by atoms with van der Waals surface area (Å²) in [5.74, 6) is 0.0994. The monoisotopic (exact) mass is 473 g/mol. The SMILES string of the molecule is O=C(Cc1ccc(Cl)cc1)N1CCN(S(=O)(=O)c2cc3c4c(c2)CCN4C(=O)CC3)CC1. The summed E-state index contributed by atoms with van der Waals surface area (Å²) in [6, 6.07) is 10.6. The minimum atomic E-state index is -3.66. The number of nitrogens with zero attached hydrogens (tertiary/aromatic N) is 3. The number of hydrogen-bond donors (Lipinski definition) is 0. The Kier molecular flexibility index (Phi) is 5.47. The molecule has 0 atom stereocenters. The number of anilines is 1. The van der Waals surface area contributed by atoms with Crippen molar-refractivity contribution >= 4 is 39.1 Å². The fourth-order valence-electron chi connectivity index (χ4n) is 4.79. The molecule has 3 heterocycles. The van der Waals surface area contributed by atoms with E-state index in [1.807, 2.05) is 12.1 Å². The molecular weight excluding hydrogens is 450 g/mol. The number of benzene rings is 2. The molecule has 0 unspecified atom stereocenters. The fraction of sp³-hybridized carbons (Fsp3) is 0.391. The van der Waals surface area contributed by atoms with E-state index in [1.54, 1.807) is 34.1 Å². The maximum Gasteiger partial charge on any atom is 0.243 e. The lowest BCUT2D eigenvalue weighted by Crippen LogP contribution is -2.50. The van der Waals surface area contributed by atoms with E-state index in [9.17, 15) is 18.0 Å². The van der Waals surface area contributed by atoms with Crippen LogP contribution in [0.4, 0.5) is 5.69 Å². The molecule has 3 aliphatic heterocycles. The summed E-state index contributed by atoms with van der Waals surface area (Å²) >= 11 is 5.90. The lowest BCUT2D eigenvalue weighted by Gasteiger charge is -2.34. The Morgan fingerprint density at radius 2 is 1.56 bits per heavy atom. The molecule has 1 fully saturated rings. The zero-order valence-electron chi connectivity index (χ0n) is 17.6. The maximum absolute atomic E-state index is 13.3. The molecule has 0 aromatic heterocycles. The second-order valence-electron chi connectivity index (χ2n) is 8.47. The average Bonchev–Trinajstić information content (AvgIpc) is 3.23. The molecule has 0 N–H and O–H groups in total. The molecule has 0 spiro atoms. The van der Waals surface area contributed by atoms with Crippen LogP contribution in [0.3, 0.4) is 0 Å². The van der Waals surface area contributed by atoms with Crippen LogP contribution in [0.25, 0.3) is 0 Å². The van der Waals surface area contributed by atoms with E-state index in [-0.39, 0.29) is 31.3 Å². The van der Waals surface area contributed by atoms with Gasteiger partial charge >= 0.3 is 0 Å². The topological polar surface area (TPSA) is 78.0 Å². The molecule has 2 aromatic rings. The number of piperazine rings is 1. The summed E-state index contributed by atoms with van der Waals surface area (Å²) in [6.07, 6.45) is 1.95. The first-order valence-electron chi connectivity index (χ1n) is 10.8. The van der Waals surface area contributed by atoms with E-state index in [4.69, 9.17) is 11.6 Å². The summed E-state index contributed by atoms with van der Waals surface area (Å²) in [5.41, 5.74) is 3.67. The number of hydrogen-bond acceptors (Lipinski definition) is 4. The Morgan fingerprint density at radius 1 is 0.906 bits per heavy atom. The highest BCUT2D eigenvalue weighted by Gasteiger charge is 2.35. The molecular formula is C23H24ClN3O4S. The van der Waals surface area contributed by atoms with Crippen molar-refractivity contribution in [3.8, 4) is 0 Å². The van der Waals surface area contributed by atoms with Gasteiger partial charge < -0.3 is 9.80 Å². The summed E-state index contributed by atoms with van der Waals surface area (Å²) < 4.78 is 28.2. The Hall–Kier alpha value is -2.42. The van der Waals surface area contributed by atoms with Crippen LogP contribution in [0.2, 0.25) is 5.02 Å². The third-order valence-electron chi connectivity index (χ3n) is 6.52. The zero-order chi connectivity index (χ0) is 22.5. The average molecular weight is 474 g/mol. The highest BCUT2D eigenvalue weighted by Crippen LogP contribution is 2.39. The Labute approximate surface area is 192 Å². The smallest absolute Gasteiger partial charge is 0.243 e. The minimum absolute atomic E-state index is 0.0175. The number of halogens is 1. The first-order valence-corrected chi connectivity index (χ1v) is 12.6. The first-order chi connectivity index (χ1) is 15.3. The minimum Gasteiger partial charge on any atom is -0.340 e. The third-order valence-corrected chi connectivity index (χ3v) is 8.65. The van der Waals surface area contributed by atoms with E-state index >= 15 is 0 Å². The van der Waals surface area contributed by atoms with Gasteiger partial charge in [-0.3, -0.25) is 9.59 Å². The third kappa shape index (κ3) is 3.80. The molecule has 0 bridgehead atoms. The highest BCUT2D eigenvalue weighted by atomic mass is 35.5. The maximum atomic E-state index is 13.3. The lowest BCUT2D eigenvalue weighted by molar-refractivity contribution is -0.131. The highest BCUT2D eigenvalue weighted by molar-refractivity contribution is 7.89. The van der Waals surface area contributed by atoms with Crippen molar-refractivity contribution in [2.45, 2.75) is 30.6 Å². The second kappa shape index (κ2) is 8.17. The van der Waals surface area contributed by atoms with E-state index < -0.39 is 10.0 Å². The van der Waals surface area contributed by atoms with Gasteiger partial charge in [-0.05, 0) is 53.8 Å². The number of sulfonamides is 1. The van der Waals surface area contributed by atoms with Gasteiger partial charge in [-0.2, -0.15) is 4.31 Å². The molecule has 5 rings (SSSR count). The first kappa shape index (κ1) is 21.4. The van der Waals surface area contributed by atoms with Crippen molar-refractivity contribution < 1.29 is 18.0 Å². The van der Waals surface area contributed by atoms with Gasteiger partial charge in [-0.15, -0.1) is 0 Å². The Bertz CT molecular complexity index is 1190. The van der Waals surface area contributed by atoms with Crippen LogP contribution in [0, 0.1) is 0 Å². The van der Waals surface area contributed by atoms with Crippen LogP contribution in [0.1, 0.15) is 23.1 Å². The van der Waals surface area contributed by atoms with Crippen LogP contribution in [0.5, 0.6) is 0 Å². The molecule has 168 valence electrons. The van der Waals surface area contributed by atoms with E-state index in [0.717, 1.165) is 22.4 Å². The van der Waals surface area contributed by atoms with Gasteiger partial charge in [0.2, 0.25) is 21.8 Å². The van der Waals surface area contributed by atoms with E-state index in [2.05, 4.69) is 0 Å². The molecule has 0 radical (unpaired) electrons. The summed E-state index contributed by atoms with van der Waals surface area (Å²) in [6.45, 7) is 1.90. The summed E-state index contributed by atoms with van der Waals surface area (Å²) in [7, 11) is -3.66. The number of carbonyl (C=O) groups is 2. The largest absolute Gasteiger partial charge is 0.340 e. The molecule has 2 amide bonds. The van der Waals surface area contributed by atoms with Crippen molar-refractivity contribution in [3.63, 3.8) is 0 Å². The van der Waals surface area contributed by atoms with Gasteiger partial charge in [0.05, 0.1) is 17.0 Å². The number of rotatable bonds is 4. The fourth-order valence-corrected chi connectivity index (χ4v) is 6.44. The van der Waals surface area contributed by atoms with Gasteiger partial charge in [0.25, 0.3) is 0 Å². The Balaban J connectivity index is 1.28. The predicted molar refractivity (Wildman–Crippen MR) is 121 cm³/mol. The van der Waals surface area contributed by atoms with Crippen molar-refractivity contribution in [1.29, 1.82) is 0 Å². The standard InChI is InChI=1S/C23H24ClN3O4S/c24-19-4-1-16(2-5-19)13-22(29)25-9-11-26(12-10-25)32(30,31)20-14-17-3-6-21(28)27-8-7-18(15-20)23(17)27/h1-2,4-5,14-15H,3,6-13H2. The number of amides is 2. The van der Waals surface area contributed by atoms with Crippen molar-refractivity contribution in [2.24, 2.45) is 0 Å². The van der Waals surface area contributed by atoms with Crippen LogP contribution in [0.15, 0.2) is 41.3 Å². The molecule has 0 saturated carbocycles. The number of aryl methyl sites for hydroxylation is 1. The number of carbonyl (C=O) groups excluding carboxylic acids is 2. The summed E-state index contributed by atoms with van der Waals surface area (Å²) in [4.78, 5) is 28.6. The van der Waals surface area contributed by atoms with E-state index in [0.29, 0.717) is 48.8 Å². The summed E-state index contributed by atoms with van der Waals surface area (Å²) in [5, 5.41) is 0.625. The van der Waals surface area contributed by atoms with Gasteiger partial charge in [0.15, 0.2) is 0 Å². The molecule has 7 nitrogen and oxygen atoms in total. The van der Waals surface area contributed by atoms with Crippen LogP contribution in [-0.2, 0) is 38.9 Å². The van der Waals surface area contributed by atoms with Gasteiger partial charge in [0, 0.05) is 44.2 Å². The Morgan fingerprint density at radius 3 is 2.25 bits per heavy atom. The van der Waals surface area contributed by atoms with Crippen molar-refractivity contribution in [1.82, 2.24) is 9.21 Å². The predicted octanol–water partition coefficient (Wildman–Crippen LogP) is 2.25. The lowest BCUT2D eigenvalue weighted by atomic mass is 10.00. The van der Waals surface area contributed by atoms with Gasteiger partial charge in [-0.25, -0.2) is 8.42 Å². The zero-order valence-corrected chi connectivity index (χ0v) is 19.2. The van der Waals surface area contributed by atoms with E-state index in [1.165, 1.54) is 4.31 Å². The molecule has 3 aliphatic rings. The van der Waals surface area contributed by atoms with Gasteiger partial charge in [0.1, 0.15) is 0 Å². The molecule has 9 heteroatoms. The normalized spacial score (nSPS) is 18.7. The van der Waals surface area contributed by atoms with Gasteiger partial charge in [-0.1, -0.05) is 23.7 Å². The van der Waals surface area contributed by atoms with Crippen LogP contribution >= 0.6 is 11.6 Å². The van der Waals surface area contributed by atoms with Crippen molar-refractivity contribution in [2.75, 3.05) is 37.6 Å². The second-order valence-corrected chi connectivity index (χ2v) is 10.8. The molecule has 0 aliphatic carbocycles. The van der Waals surface area contributed by atoms with Crippen LogP contribution in [-0.4, -0.2) is 62.2 Å². The quantitative estimate of drug-likeness (QED) is 0.682. The molecule has 1 saturated heterocycles. The molecule has 2 aromatic carbocycles. The van der Waals surface area contributed by atoms with Crippen molar-refractivity contribution in [3.05, 3.63) is 58.1 Å². The van der Waals surface area contributed by atoms with Crippen LogP contribution < -0.4 is 4.90 Å². The molecule has 32 heavy (non-hydrogen) atoms.